The fourth-order valence-electron chi connectivity index (χ4n) is 3.75. The third-order valence-corrected chi connectivity index (χ3v) is 6.34. The van der Waals surface area contributed by atoms with Gasteiger partial charge < -0.3 is 14.9 Å². The molecular weight excluding hydrogens is 508 g/mol. The lowest BCUT2D eigenvalue weighted by molar-refractivity contribution is -0.408. The summed E-state index contributed by atoms with van der Waals surface area (Å²) in [5, 5.41) is 19.3. The van der Waals surface area contributed by atoms with Crippen LogP contribution in [0.15, 0.2) is 0 Å². The number of rotatable bonds is 5. The van der Waals surface area contributed by atoms with Crippen LogP contribution < -0.4 is 0 Å². The Kier molecular flexibility index (Phi) is 8.00. The summed E-state index contributed by atoms with van der Waals surface area (Å²) in [6.07, 6.45) is -34.0. The fourth-order valence-corrected chi connectivity index (χ4v) is 3.75. The summed E-state index contributed by atoms with van der Waals surface area (Å²) in [5.74, 6) is -8.20. The van der Waals surface area contributed by atoms with E-state index in [0.717, 1.165) is 0 Å². The number of carbonyl (C=O) groups is 1. The second kappa shape index (κ2) is 8.89. The Morgan fingerprint density at radius 2 is 1.15 bits per heavy atom. The van der Waals surface area contributed by atoms with E-state index in [2.05, 4.69) is 4.74 Å². The number of aliphatic hydroxyl groups is 2. The molecule has 0 heterocycles. The normalized spacial score (nSPS) is 24.2. The van der Waals surface area contributed by atoms with Crippen LogP contribution in [0.4, 0.5) is 52.7 Å². The lowest BCUT2D eigenvalue weighted by Crippen LogP contribution is -2.68. The maximum atomic E-state index is 13.5. The zero-order valence-electron chi connectivity index (χ0n) is 17.8. The first-order chi connectivity index (χ1) is 14.8. The molecule has 0 aromatic heterocycles. The standard InChI is InChI=1S/C18H22F12O4/c1-4-12(2,3)11(31)34-10-6-5-8(13(32,15(19,20)21)16(22,23)24)7-9(10)14(33,17(25,26)27)18(28,29)30/h8-10,32-33H,4-7H2,1-3H3. The van der Waals surface area contributed by atoms with Gasteiger partial charge in [0.15, 0.2) is 0 Å². The highest BCUT2D eigenvalue weighted by Gasteiger charge is 2.79. The maximum Gasteiger partial charge on any atom is 0.426 e. The molecule has 16 heteroatoms. The van der Waals surface area contributed by atoms with Crippen molar-refractivity contribution in [1.82, 2.24) is 0 Å². The topological polar surface area (TPSA) is 66.8 Å². The largest absolute Gasteiger partial charge is 0.462 e. The molecule has 0 radical (unpaired) electrons. The van der Waals surface area contributed by atoms with E-state index in [4.69, 9.17) is 0 Å². The number of hydrogen-bond acceptors (Lipinski definition) is 4. The molecule has 0 aromatic carbocycles. The van der Waals surface area contributed by atoms with E-state index in [0.29, 0.717) is 0 Å². The van der Waals surface area contributed by atoms with Crippen LogP contribution in [0.1, 0.15) is 46.5 Å². The number of ether oxygens (including phenoxy) is 1. The van der Waals surface area contributed by atoms with Gasteiger partial charge in [0.25, 0.3) is 11.2 Å². The zero-order valence-corrected chi connectivity index (χ0v) is 17.8. The molecule has 3 atom stereocenters. The van der Waals surface area contributed by atoms with Gasteiger partial charge in [-0.3, -0.25) is 4.79 Å². The fraction of sp³-hybridized carbons (Fsp3) is 0.944. The molecule has 4 nitrogen and oxygen atoms in total. The van der Waals surface area contributed by atoms with E-state index < -0.39 is 84.5 Å². The zero-order chi connectivity index (χ0) is 27.3. The summed E-state index contributed by atoms with van der Waals surface area (Å²) in [6.45, 7) is 3.76. The van der Waals surface area contributed by atoms with Gasteiger partial charge in [-0.05, 0) is 39.5 Å². The van der Waals surface area contributed by atoms with E-state index >= 15 is 0 Å². The number of halogens is 12. The van der Waals surface area contributed by atoms with Crippen molar-refractivity contribution in [2.75, 3.05) is 0 Å². The molecule has 1 aliphatic carbocycles. The summed E-state index contributed by atoms with van der Waals surface area (Å²) in [6, 6.07) is 0. The van der Waals surface area contributed by atoms with Crippen molar-refractivity contribution in [3.63, 3.8) is 0 Å². The van der Waals surface area contributed by atoms with Gasteiger partial charge in [-0.25, -0.2) is 0 Å². The Morgan fingerprint density at radius 3 is 1.47 bits per heavy atom. The minimum absolute atomic E-state index is 0.0451. The molecule has 1 rings (SSSR count). The van der Waals surface area contributed by atoms with Crippen LogP contribution in [0, 0.1) is 17.3 Å². The van der Waals surface area contributed by atoms with E-state index in [1.807, 2.05) is 0 Å². The van der Waals surface area contributed by atoms with Crippen LogP contribution >= 0.6 is 0 Å². The smallest absolute Gasteiger partial charge is 0.426 e. The molecule has 0 saturated heterocycles. The number of hydrogen-bond donors (Lipinski definition) is 2. The van der Waals surface area contributed by atoms with Crippen LogP contribution in [0.25, 0.3) is 0 Å². The SMILES string of the molecule is CCC(C)(C)C(=O)OC1CCC(C(O)(C(F)(F)F)C(F)(F)F)CC1C(O)(C(F)(F)F)C(F)(F)F. The third-order valence-electron chi connectivity index (χ3n) is 6.34. The predicted molar refractivity (Wildman–Crippen MR) is 88.9 cm³/mol. The summed E-state index contributed by atoms with van der Waals surface area (Å²) in [5.41, 5.74) is -13.0. The summed E-state index contributed by atoms with van der Waals surface area (Å²) >= 11 is 0. The number of alkyl halides is 12. The Balaban J connectivity index is 3.70. The molecular formula is C18H22F12O4. The molecule has 202 valence electrons. The molecule has 1 aliphatic rings. The van der Waals surface area contributed by atoms with Crippen molar-refractivity contribution in [3.8, 4) is 0 Å². The van der Waals surface area contributed by atoms with Gasteiger partial charge in [0.1, 0.15) is 6.10 Å². The average Bonchev–Trinajstić information content (AvgIpc) is 2.63. The molecule has 0 amide bonds. The van der Waals surface area contributed by atoms with Crippen molar-refractivity contribution < 1.29 is 72.4 Å². The monoisotopic (exact) mass is 530 g/mol. The molecule has 0 aromatic rings. The highest BCUT2D eigenvalue weighted by Crippen LogP contribution is 2.58. The third kappa shape index (κ3) is 5.07. The summed E-state index contributed by atoms with van der Waals surface area (Å²) in [7, 11) is 0. The van der Waals surface area contributed by atoms with Crippen molar-refractivity contribution in [2.24, 2.45) is 17.3 Å². The van der Waals surface area contributed by atoms with Gasteiger partial charge >= 0.3 is 30.7 Å². The molecule has 34 heavy (non-hydrogen) atoms. The quantitative estimate of drug-likeness (QED) is 0.366. The first-order valence-corrected chi connectivity index (χ1v) is 9.71. The molecule has 0 spiro atoms. The first kappa shape index (κ1) is 30.6. The van der Waals surface area contributed by atoms with Crippen LogP contribution in [0.5, 0.6) is 0 Å². The van der Waals surface area contributed by atoms with Crippen LogP contribution in [-0.2, 0) is 9.53 Å². The minimum atomic E-state index is -6.64. The van der Waals surface area contributed by atoms with Crippen molar-refractivity contribution in [1.29, 1.82) is 0 Å². The Bertz CT molecular complexity index is 707. The molecule has 2 N–H and O–H groups in total. The lowest BCUT2D eigenvalue weighted by atomic mass is 9.65. The van der Waals surface area contributed by atoms with Gasteiger partial charge in [0, 0.05) is 11.8 Å². The predicted octanol–water partition coefficient (Wildman–Crippen LogP) is 5.46. The van der Waals surface area contributed by atoms with Crippen molar-refractivity contribution in [2.45, 2.75) is 88.5 Å². The van der Waals surface area contributed by atoms with Crippen LogP contribution in [0.2, 0.25) is 0 Å². The number of esters is 1. The first-order valence-electron chi connectivity index (χ1n) is 9.71. The van der Waals surface area contributed by atoms with Crippen molar-refractivity contribution in [3.05, 3.63) is 0 Å². The van der Waals surface area contributed by atoms with Gasteiger partial charge in [-0.2, -0.15) is 52.7 Å². The molecule has 1 saturated carbocycles. The second-order valence-electron chi connectivity index (χ2n) is 8.82. The van der Waals surface area contributed by atoms with E-state index in [-0.39, 0.29) is 6.42 Å². The molecule has 0 bridgehead atoms. The van der Waals surface area contributed by atoms with Crippen LogP contribution in [-0.4, -0.2) is 58.2 Å². The summed E-state index contributed by atoms with van der Waals surface area (Å²) in [4.78, 5) is 12.3. The number of carbonyl (C=O) groups excluding carboxylic acids is 1. The Hall–Kier alpha value is -1.45. The van der Waals surface area contributed by atoms with Gasteiger partial charge in [0.05, 0.1) is 5.41 Å². The van der Waals surface area contributed by atoms with E-state index in [1.165, 1.54) is 20.8 Å². The van der Waals surface area contributed by atoms with E-state index in [1.54, 1.807) is 0 Å². The van der Waals surface area contributed by atoms with Crippen molar-refractivity contribution >= 4 is 5.97 Å². The second-order valence-corrected chi connectivity index (χ2v) is 8.82. The Morgan fingerprint density at radius 1 is 0.765 bits per heavy atom. The highest BCUT2D eigenvalue weighted by molar-refractivity contribution is 5.76. The van der Waals surface area contributed by atoms with E-state index in [9.17, 15) is 67.7 Å². The maximum absolute atomic E-state index is 13.5. The molecule has 1 fully saturated rings. The van der Waals surface area contributed by atoms with Gasteiger partial charge in [0.2, 0.25) is 0 Å². The van der Waals surface area contributed by atoms with Crippen LogP contribution in [0.3, 0.4) is 0 Å². The lowest BCUT2D eigenvalue weighted by Gasteiger charge is -2.49. The van der Waals surface area contributed by atoms with Gasteiger partial charge in [-0.1, -0.05) is 6.92 Å². The summed E-state index contributed by atoms with van der Waals surface area (Å²) < 4.78 is 165. The molecule has 3 unspecified atom stereocenters. The minimum Gasteiger partial charge on any atom is -0.462 e. The Labute approximate surface area is 185 Å². The van der Waals surface area contributed by atoms with Gasteiger partial charge in [-0.15, -0.1) is 0 Å². The average molecular weight is 530 g/mol. The highest BCUT2D eigenvalue weighted by atomic mass is 19.4. The molecule has 0 aliphatic heterocycles.